The van der Waals surface area contributed by atoms with Gasteiger partial charge >= 0.3 is 0 Å². The van der Waals surface area contributed by atoms with Crippen molar-refractivity contribution in [3.05, 3.63) is 29.6 Å². The molecule has 2 aromatic heterocycles. The van der Waals surface area contributed by atoms with Gasteiger partial charge < -0.3 is 18.4 Å². The maximum Gasteiger partial charge on any atom is 0.293 e. The summed E-state index contributed by atoms with van der Waals surface area (Å²) in [6, 6.07) is 5.73. The highest BCUT2D eigenvalue weighted by atomic mass is 16.5. The molecule has 1 atom stereocenters. The number of fused-ring (bicyclic) bond motifs is 1. The molecule has 0 bridgehead atoms. The van der Waals surface area contributed by atoms with Gasteiger partial charge in [0.15, 0.2) is 11.6 Å². The zero-order valence-electron chi connectivity index (χ0n) is 12.5. The predicted octanol–water partition coefficient (Wildman–Crippen LogP) is 3.30. The van der Waals surface area contributed by atoms with Crippen molar-refractivity contribution in [3.63, 3.8) is 0 Å². The van der Waals surface area contributed by atoms with Crippen LogP contribution in [0, 0.1) is 6.92 Å². The second kappa shape index (κ2) is 5.14. The van der Waals surface area contributed by atoms with Crippen molar-refractivity contribution in [1.29, 1.82) is 0 Å². The second-order valence-corrected chi connectivity index (χ2v) is 5.44. The Morgan fingerprint density at radius 2 is 2.23 bits per heavy atom. The highest BCUT2D eigenvalue weighted by molar-refractivity contribution is 5.87. The highest BCUT2D eigenvalue weighted by Gasteiger charge is 2.25. The summed E-state index contributed by atoms with van der Waals surface area (Å²) in [5, 5.41) is 5.08. The number of furan rings is 1. The number of methoxy groups -OCH3 is 1. The summed E-state index contributed by atoms with van der Waals surface area (Å²) in [5.74, 6) is 2.67. The molecular weight excluding hydrogens is 284 g/mol. The van der Waals surface area contributed by atoms with E-state index in [1.165, 1.54) is 0 Å². The lowest BCUT2D eigenvalue weighted by Gasteiger charge is -1.97. The zero-order valence-corrected chi connectivity index (χ0v) is 12.5. The van der Waals surface area contributed by atoms with E-state index in [0.29, 0.717) is 24.1 Å². The van der Waals surface area contributed by atoms with Crippen LogP contribution in [0.5, 0.6) is 5.75 Å². The molecule has 114 valence electrons. The van der Waals surface area contributed by atoms with Gasteiger partial charge in [0.2, 0.25) is 0 Å². The van der Waals surface area contributed by atoms with Crippen molar-refractivity contribution in [2.45, 2.75) is 19.3 Å². The minimum absolute atomic E-state index is 0.210. The van der Waals surface area contributed by atoms with E-state index in [1.807, 2.05) is 25.1 Å². The maximum absolute atomic E-state index is 5.90. The molecule has 1 fully saturated rings. The van der Waals surface area contributed by atoms with E-state index in [2.05, 4.69) is 10.1 Å². The first-order chi connectivity index (χ1) is 10.8. The third-order valence-electron chi connectivity index (χ3n) is 4.08. The van der Waals surface area contributed by atoms with Gasteiger partial charge in [-0.2, -0.15) is 4.98 Å². The number of aromatic nitrogens is 2. The Morgan fingerprint density at radius 1 is 1.32 bits per heavy atom. The Labute approximate surface area is 127 Å². The van der Waals surface area contributed by atoms with Gasteiger partial charge in [0.05, 0.1) is 13.7 Å². The van der Waals surface area contributed by atoms with E-state index in [4.69, 9.17) is 18.4 Å². The lowest BCUT2D eigenvalue weighted by atomic mass is 10.1. The summed E-state index contributed by atoms with van der Waals surface area (Å²) in [6.07, 6.45) is 0.926. The zero-order chi connectivity index (χ0) is 15.1. The van der Waals surface area contributed by atoms with E-state index in [1.54, 1.807) is 7.11 Å². The molecule has 0 spiro atoms. The third-order valence-corrected chi connectivity index (χ3v) is 4.08. The minimum Gasteiger partial charge on any atom is -0.497 e. The Kier molecular flexibility index (Phi) is 3.11. The molecule has 0 amide bonds. The van der Waals surface area contributed by atoms with E-state index >= 15 is 0 Å². The Balaban J connectivity index is 1.75. The molecule has 1 aromatic carbocycles. The van der Waals surface area contributed by atoms with Gasteiger partial charge in [0.1, 0.15) is 11.3 Å². The van der Waals surface area contributed by atoms with Crippen molar-refractivity contribution in [1.82, 2.24) is 10.1 Å². The van der Waals surface area contributed by atoms with Crippen molar-refractivity contribution in [2.24, 2.45) is 0 Å². The van der Waals surface area contributed by atoms with Gasteiger partial charge in [0, 0.05) is 29.5 Å². The molecule has 0 aliphatic carbocycles. The fourth-order valence-electron chi connectivity index (χ4n) is 2.77. The first-order valence-corrected chi connectivity index (χ1v) is 7.25. The number of ether oxygens (including phenoxy) is 2. The first-order valence-electron chi connectivity index (χ1n) is 7.25. The maximum atomic E-state index is 5.90. The number of hydrogen-bond acceptors (Lipinski definition) is 6. The summed E-state index contributed by atoms with van der Waals surface area (Å²) in [7, 11) is 1.63. The molecule has 6 heteroatoms. The second-order valence-electron chi connectivity index (χ2n) is 5.44. The largest absolute Gasteiger partial charge is 0.497 e. The average molecular weight is 300 g/mol. The van der Waals surface area contributed by atoms with E-state index in [0.717, 1.165) is 35.3 Å². The van der Waals surface area contributed by atoms with Crippen LogP contribution in [0.25, 0.3) is 22.6 Å². The molecule has 1 aliphatic heterocycles. The summed E-state index contributed by atoms with van der Waals surface area (Å²) >= 11 is 0. The Morgan fingerprint density at radius 3 is 3.00 bits per heavy atom. The van der Waals surface area contributed by atoms with Crippen LogP contribution >= 0.6 is 0 Å². The lowest BCUT2D eigenvalue weighted by molar-refractivity contribution is 0.192. The molecule has 0 radical (unpaired) electrons. The lowest BCUT2D eigenvalue weighted by Crippen LogP contribution is -1.99. The Hall–Kier alpha value is -2.34. The van der Waals surface area contributed by atoms with Gasteiger partial charge in [-0.1, -0.05) is 5.16 Å². The van der Waals surface area contributed by atoms with Crippen LogP contribution in [0.4, 0.5) is 0 Å². The molecular formula is C16H16N2O4. The molecule has 1 aliphatic rings. The van der Waals surface area contributed by atoms with Crippen LogP contribution in [0.3, 0.4) is 0 Å². The number of nitrogens with zero attached hydrogens (tertiary/aromatic N) is 2. The van der Waals surface area contributed by atoms with E-state index in [-0.39, 0.29) is 5.92 Å². The van der Waals surface area contributed by atoms with Crippen molar-refractivity contribution >= 4 is 11.0 Å². The fourth-order valence-corrected chi connectivity index (χ4v) is 2.77. The summed E-state index contributed by atoms with van der Waals surface area (Å²) in [5.41, 5.74) is 1.73. The van der Waals surface area contributed by atoms with Gasteiger partial charge in [-0.3, -0.25) is 0 Å². The van der Waals surface area contributed by atoms with E-state index in [9.17, 15) is 0 Å². The monoisotopic (exact) mass is 300 g/mol. The van der Waals surface area contributed by atoms with Gasteiger partial charge in [-0.15, -0.1) is 0 Å². The number of rotatable bonds is 3. The molecule has 0 saturated carbocycles. The molecule has 3 aromatic rings. The number of hydrogen-bond donors (Lipinski definition) is 0. The minimum atomic E-state index is 0.210. The predicted molar refractivity (Wildman–Crippen MR) is 79.0 cm³/mol. The van der Waals surface area contributed by atoms with Crippen LogP contribution in [-0.2, 0) is 4.74 Å². The van der Waals surface area contributed by atoms with Crippen LogP contribution < -0.4 is 4.74 Å². The van der Waals surface area contributed by atoms with Crippen LogP contribution in [0.2, 0.25) is 0 Å². The van der Waals surface area contributed by atoms with Gasteiger partial charge in [0.25, 0.3) is 5.89 Å². The molecule has 0 N–H and O–H groups in total. The number of aryl methyl sites for hydroxylation is 1. The van der Waals surface area contributed by atoms with Crippen molar-refractivity contribution in [2.75, 3.05) is 20.3 Å². The highest BCUT2D eigenvalue weighted by Crippen LogP contribution is 2.34. The SMILES string of the molecule is COc1ccc2c(C)c(-c3nc([C@@H]4CCOC4)no3)oc2c1. The molecule has 22 heavy (non-hydrogen) atoms. The van der Waals surface area contributed by atoms with Crippen molar-refractivity contribution < 1.29 is 18.4 Å². The third kappa shape index (κ3) is 2.07. The number of benzene rings is 1. The van der Waals surface area contributed by atoms with Crippen molar-refractivity contribution in [3.8, 4) is 17.4 Å². The molecule has 3 heterocycles. The summed E-state index contributed by atoms with van der Waals surface area (Å²) in [4.78, 5) is 4.48. The average Bonchev–Trinajstić information content (AvgIpc) is 3.26. The molecule has 0 unspecified atom stereocenters. The first kappa shape index (κ1) is 13.3. The summed E-state index contributed by atoms with van der Waals surface area (Å²) < 4.78 is 21.9. The standard InChI is InChI=1S/C16H16N2O4/c1-9-12-4-3-11(19-2)7-13(12)21-14(9)16-17-15(18-22-16)10-5-6-20-8-10/h3-4,7,10H,5-6,8H2,1-2H3/t10-/m1/s1. The fraction of sp³-hybridized carbons (Fsp3) is 0.375. The van der Waals surface area contributed by atoms with Gasteiger partial charge in [-0.25, -0.2) is 0 Å². The van der Waals surface area contributed by atoms with Crippen LogP contribution in [-0.4, -0.2) is 30.5 Å². The topological polar surface area (TPSA) is 70.5 Å². The summed E-state index contributed by atoms with van der Waals surface area (Å²) in [6.45, 7) is 3.38. The normalized spacial score (nSPS) is 18.2. The molecule has 4 rings (SSSR count). The van der Waals surface area contributed by atoms with Crippen LogP contribution in [0.1, 0.15) is 23.7 Å². The quantitative estimate of drug-likeness (QED) is 0.739. The van der Waals surface area contributed by atoms with Gasteiger partial charge in [-0.05, 0) is 25.5 Å². The Bertz CT molecular complexity index is 815. The van der Waals surface area contributed by atoms with Crippen LogP contribution in [0.15, 0.2) is 27.1 Å². The van der Waals surface area contributed by atoms with E-state index < -0.39 is 0 Å². The molecule has 1 saturated heterocycles. The molecule has 6 nitrogen and oxygen atoms in total. The smallest absolute Gasteiger partial charge is 0.293 e.